The van der Waals surface area contributed by atoms with Crippen molar-refractivity contribution in [3.05, 3.63) is 88.5 Å². The van der Waals surface area contributed by atoms with E-state index in [1.165, 1.54) is 11.3 Å². The molecule has 5 rings (SSSR count). The Morgan fingerprint density at radius 2 is 1.70 bits per heavy atom. The minimum absolute atomic E-state index is 0.0701. The zero-order chi connectivity index (χ0) is 18.2. The van der Waals surface area contributed by atoms with E-state index >= 15 is 0 Å². The third-order valence-corrected chi connectivity index (χ3v) is 5.28. The predicted molar refractivity (Wildman–Crippen MR) is 108 cm³/mol. The van der Waals surface area contributed by atoms with E-state index in [0.717, 1.165) is 27.0 Å². The fraction of sp³-hybridized carbons (Fsp3) is 0.0476. The summed E-state index contributed by atoms with van der Waals surface area (Å²) in [6.45, 7) is 0.280. The molecule has 0 fully saturated rings. The van der Waals surface area contributed by atoms with Crippen LogP contribution in [0.2, 0.25) is 0 Å². The summed E-state index contributed by atoms with van der Waals surface area (Å²) in [6.07, 6.45) is 1.57. The van der Waals surface area contributed by atoms with Gasteiger partial charge in [0.25, 0.3) is 5.56 Å². The van der Waals surface area contributed by atoms with Crippen LogP contribution >= 0.6 is 11.3 Å². The summed E-state index contributed by atoms with van der Waals surface area (Å²) in [5.41, 5.74) is 2.68. The Balaban J connectivity index is 1.67. The molecule has 0 amide bonds. The molecule has 0 unspecified atom stereocenters. The molecule has 5 nitrogen and oxygen atoms in total. The van der Waals surface area contributed by atoms with E-state index in [9.17, 15) is 4.79 Å². The first-order chi connectivity index (χ1) is 13.3. The van der Waals surface area contributed by atoms with Gasteiger partial charge in [-0.2, -0.15) is 0 Å². The highest BCUT2D eigenvalue weighted by Crippen LogP contribution is 2.26. The average Bonchev–Trinajstić information content (AvgIpc) is 3.20. The van der Waals surface area contributed by atoms with Crippen molar-refractivity contribution in [2.45, 2.75) is 6.54 Å². The van der Waals surface area contributed by atoms with Gasteiger partial charge in [-0.15, -0.1) is 11.3 Å². The van der Waals surface area contributed by atoms with Crippen LogP contribution in [0.5, 0.6) is 0 Å². The van der Waals surface area contributed by atoms with Crippen molar-refractivity contribution in [1.29, 1.82) is 0 Å². The Bertz CT molecular complexity index is 1320. The lowest BCUT2D eigenvalue weighted by Gasteiger charge is -2.10. The molecule has 27 heavy (non-hydrogen) atoms. The molecule has 130 valence electrons. The summed E-state index contributed by atoms with van der Waals surface area (Å²) in [5, 5.41) is 3.50. The first-order valence-corrected chi connectivity index (χ1v) is 9.41. The number of nitrogens with zero attached hydrogens (tertiary/aromatic N) is 4. The Labute approximate surface area is 158 Å². The zero-order valence-corrected chi connectivity index (χ0v) is 15.1. The lowest BCUT2D eigenvalue weighted by molar-refractivity contribution is 0.712. The second kappa shape index (κ2) is 6.41. The summed E-state index contributed by atoms with van der Waals surface area (Å²) in [4.78, 5) is 27.3. The summed E-state index contributed by atoms with van der Waals surface area (Å²) in [6, 6.07) is 19.8. The number of rotatable bonds is 3. The molecule has 0 aliphatic carbocycles. The molecule has 0 N–H and O–H groups in total. The number of hydrogen-bond donors (Lipinski definition) is 0. The largest absolute Gasteiger partial charge is 0.291 e. The molecule has 5 aromatic rings. The molecule has 0 bridgehead atoms. The summed E-state index contributed by atoms with van der Waals surface area (Å²) in [5.74, 6) is 0.589. The average molecular weight is 370 g/mol. The molecule has 0 saturated heterocycles. The predicted octanol–water partition coefficient (Wildman–Crippen LogP) is 4.12. The fourth-order valence-electron chi connectivity index (χ4n) is 3.17. The normalized spacial score (nSPS) is 11.3. The quantitative estimate of drug-likeness (QED) is 0.479. The molecule has 3 heterocycles. The van der Waals surface area contributed by atoms with Crippen molar-refractivity contribution >= 4 is 32.5 Å². The number of hydrogen-bond acceptors (Lipinski definition) is 5. The van der Waals surface area contributed by atoms with Gasteiger partial charge in [0, 0.05) is 10.9 Å². The topological polar surface area (TPSA) is 60.7 Å². The van der Waals surface area contributed by atoms with Crippen molar-refractivity contribution in [2.24, 2.45) is 0 Å². The van der Waals surface area contributed by atoms with E-state index in [0.29, 0.717) is 11.2 Å². The van der Waals surface area contributed by atoms with E-state index < -0.39 is 0 Å². The molecular formula is C21H14N4OS. The van der Waals surface area contributed by atoms with Gasteiger partial charge in [0.1, 0.15) is 10.7 Å². The maximum atomic E-state index is 12.7. The van der Waals surface area contributed by atoms with Gasteiger partial charge in [0.15, 0.2) is 0 Å². The third-order valence-electron chi connectivity index (χ3n) is 4.46. The van der Waals surface area contributed by atoms with Crippen LogP contribution in [-0.2, 0) is 6.54 Å². The molecule has 0 aliphatic rings. The van der Waals surface area contributed by atoms with Crippen molar-refractivity contribution in [1.82, 2.24) is 19.5 Å². The summed E-state index contributed by atoms with van der Waals surface area (Å²) < 4.78 is 1.56. The summed E-state index contributed by atoms with van der Waals surface area (Å²) >= 11 is 1.46. The Morgan fingerprint density at radius 1 is 0.889 bits per heavy atom. The minimum Gasteiger partial charge on any atom is -0.291 e. The van der Waals surface area contributed by atoms with Gasteiger partial charge in [0.05, 0.1) is 29.5 Å². The number of para-hydroxylation sites is 1. The SMILES string of the molecule is O=c1c2ccsc2ncn1Cc1nc(-c2ccccc2)c2ccccc2n1. The van der Waals surface area contributed by atoms with E-state index in [4.69, 9.17) is 4.98 Å². The van der Waals surface area contributed by atoms with Crippen LogP contribution in [0.1, 0.15) is 5.82 Å². The van der Waals surface area contributed by atoms with Crippen molar-refractivity contribution in [3.8, 4) is 11.3 Å². The third kappa shape index (κ3) is 2.80. The number of benzene rings is 2. The van der Waals surface area contributed by atoms with Crippen molar-refractivity contribution in [2.75, 3.05) is 0 Å². The Hall–Kier alpha value is -3.38. The van der Waals surface area contributed by atoms with Gasteiger partial charge < -0.3 is 0 Å². The van der Waals surface area contributed by atoms with E-state index in [2.05, 4.69) is 9.97 Å². The second-order valence-electron chi connectivity index (χ2n) is 6.19. The van der Waals surface area contributed by atoms with Gasteiger partial charge in [-0.25, -0.2) is 15.0 Å². The maximum Gasteiger partial charge on any atom is 0.262 e. The molecule has 3 aromatic heterocycles. The van der Waals surface area contributed by atoms with Gasteiger partial charge in [-0.3, -0.25) is 9.36 Å². The van der Waals surface area contributed by atoms with Gasteiger partial charge >= 0.3 is 0 Å². The molecule has 0 spiro atoms. The molecule has 0 atom stereocenters. The minimum atomic E-state index is -0.0701. The van der Waals surface area contributed by atoms with Gasteiger partial charge in [-0.1, -0.05) is 48.5 Å². The van der Waals surface area contributed by atoms with Crippen LogP contribution in [0.25, 0.3) is 32.4 Å². The molecule has 2 aromatic carbocycles. The molecule has 6 heteroatoms. The molecule has 0 radical (unpaired) electrons. The Kier molecular flexibility index (Phi) is 3.76. The molecular weight excluding hydrogens is 356 g/mol. The number of aromatic nitrogens is 4. The second-order valence-corrected chi connectivity index (χ2v) is 7.08. The van der Waals surface area contributed by atoms with Crippen molar-refractivity contribution in [3.63, 3.8) is 0 Å². The zero-order valence-electron chi connectivity index (χ0n) is 14.2. The van der Waals surface area contributed by atoms with Crippen LogP contribution in [0.4, 0.5) is 0 Å². The smallest absolute Gasteiger partial charge is 0.262 e. The molecule has 0 saturated carbocycles. The van der Waals surface area contributed by atoms with E-state index in [1.807, 2.05) is 66.0 Å². The van der Waals surface area contributed by atoms with Crippen molar-refractivity contribution < 1.29 is 0 Å². The first kappa shape index (κ1) is 15.8. The number of thiophene rings is 1. The Morgan fingerprint density at radius 3 is 2.59 bits per heavy atom. The molecule has 0 aliphatic heterocycles. The van der Waals surface area contributed by atoms with Gasteiger partial charge in [-0.05, 0) is 17.5 Å². The van der Waals surface area contributed by atoms with E-state index in [-0.39, 0.29) is 12.1 Å². The first-order valence-electron chi connectivity index (χ1n) is 8.53. The highest BCUT2D eigenvalue weighted by molar-refractivity contribution is 7.16. The summed E-state index contributed by atoms with van der Waals surface area (Å²) in [7, 11) is 0. The highest BCUT2D eigenvalue weighted by atomic mass is 32.1. The standard InChI is InChI=1S/C21H14N4OS/c26-21-16-10-11-27-20(16)22-13-25(21)12-18-23-17-9-5-4-8-15(17)19(24-18)14-6-2-1-3-7-14/h1-11,13H,12H2. The van der Waals surface area contributed by atoms with Crippen LogP contribution in [-0.4, -0.2) is 19.5 Å². The maximum absolute atomic E-state index is 12.7. The lowest BCUT2D eigenvalue weighted by Crippen LogP contribution is -2.21. The van der Waals surface area contributed by atoms with Crippen LogP contribution in [0, 0.1) is 0 Å². The van der Waals surface area contributed by atoms with Crippen LogP contribution in [0.15, 0.2) is 77.2 Å². The van der Waals surface area contributed by atoms with Crippen LogP contribution in [0.3, 0.4) is 0 Å². The highest BCUT2D eigenvalue weighted by Gasteiger charge is 2.12. The number of fused-ring (bicyclic) bond motifs is 2. The van der Waals surface area contributed by atoms with Crippen LogP contribution < -0.4 is 5.56 Å². The van der Waals surface area contributed by atoms with E-state index in [1.54, 1.807) is 10.9 Å². The monoisotopic (exact) mass is 370 g/mol. The van der Waals surface area contributed by atoms with Gasteiger partial charge in [0.2, 0.25) is 0 Å². The lowest BCUT2D eigenvalue weighted by atomic mass is 10.1. The fourth-order valence-corrected chi connectivity index (χ4v) is 3.89.